The van der Waals surface area contributed by atoms with Gasteiger partial charge < -0.3 is 5.32 Å². The highest BCUT2D eigenvalue weighted by Crippen LogP contribution is 2.26. The third kappa shape index (κ3) is 4.32. The number of hydrogen-bond donors (Lipinski definition) is 1. The van der Waals surface area contributed by atoms with Crippen LogP contribution in [0.15, 0.2) is 23.1 Å². The molecule has 0 spiro atoms. The minimum atomic E-state index is 0.774. The van der Waals surface area contributed by atoms with Crippen molar-refractivity contribution in [3.63, 3.8) is 0 Å². The standard InChI is InChI=1S/C14H20N2S/c1-3-4-5-6-10-16-13-8-7-9-14(17-2)12(13)11-15/h7-9,16H,3-6,10H2,1-2H3. The van der Waals surface area contributed by atoms with Crippen molar-refractivity contribution in [2.24, 2.45) is 0 Å². The van der Waals surface area contributed by atoms with E-state index in [0.29, 0.717) is 0 Å². The highest BCUT2D eigenvalue weighted by molar-refractivity contribution is 7.98. The third-order valence-electron chi connectivity index (χ3n) is 2.70. The SMILES string of the molecule is CCCCCCNc1cccc(SC)c1C#N. The Morgan fingerprint density at radius 2 is 2.12 bits per heavy atom. The molecular formula is C14H20N2S. The molecule has 17 heavy (non-hydrogen) atoms. The Hall–Kier alpha value is -1.14. The van der Waals surface area contributed by atoms with E-state index in [9.17, 15) is 0 Å². The average molecular weight is 248 g/mol. The number of thioether (sulfide) groups is 1. The molecule has 0 fully saturated rings. The molecule has 0 radical (unpaired) electrons. The molecule has 1 aromatic rings. The smallest absolute Gasteiger partial charge is 0.102 e. The minimum absolute atomic E-state index is 0.774. The largest absolute Gasteiger partial charge is 0.384 e. The topological polar surface area (TPSA) is 35.8 Å². The van der Waals surface area contributed by atoms with Crippen LogP contribution >= 0.6 is 11.8 Å². The maximum Gasteiger partial charge on any atom is 0.102 e. The summed E-state index contributed by atoms with van der Waals surface area (Å²) >= 11 is 1.62. The molecule has 0 saturated heterocycles. The Kier molecular flexibility index (Phi) is 6.57. The van der Waals surface area contributed by atoms with Crippen LogP contribution in [0.5, 0.6) is 0 Å². The van der Waals surface area contributed by atoms with E-state index in [-0.39, 0.29) is 0 Å². The molecule has 0 amide bonds. The van der Waals surface area contributed by atoms with Crippen molar-refractivity contribution in [2.75, 3.05) is 18.1 Å². The van der Waals surface area contributed by atoms with E-state index < -0.39 is 0 Å². The Balaban J connectivity index is 2.56. The second kappa shape index (κ2) is 8.03. The monoisotopic (exact) mass is 248 g/mol. The molecule has 1 aromatic carbocycles. The summed E-state index contributed by atoms with van der Waals surface area (Å²) in [7, 11) is 0. The van der Waals surface area contributed by atoms with E-state index in [1.165, 1.54) is 25.7 Å². The van der Waals surface area contributed by atoms with Gasteiger partial charge in [0.1, 0.15) is 6.07 Å². The maximum atomic E-state index is 9.17. The van der Waals surface area contributed by atoms with E-state index in [1.54, 1.807) is 11.8 Å². The van der Waals surface area contributed by atoms with Crippen LogP contribution in [0.2, 0.25) is 0 Å². The number of nitrogens with zero attached hydrogens (tertiary/aromatic N) is 1. The summed E-state index contributed by atoms with van der Waals surface area (Å²) in [6, 6.07) is 8.26. The Labute approximate surface area is 108 Å². The predicted octanol–water partition coefficient (Wildman–Crippen LogP) is 4.27. The van der Waals surface area contributed by atoms with Crippen LogP contribution in [0.25, 0.3) is 0 Å². The first-order valence-electron chi connectivity index (χ1n) is 6.14. The average Bonchev–Trinajstić information content (AvgIpc) is 2.38. The molecule has 92 valence electrons. The van der Waals surface area contributed by atoms with Gasteiger partial charge in [0.2, 0.25) is 0 Å². The lowest BCUT2D eigenvalue weighted by molar-refractivity contribution is 0.685. The van der Waals surface area contributed by atoms with Crippen molar-refractivity contribution in [1.82, 2.24) is 0 Å². The molecule has 0 aliphatic rings. The van der Waals surface area contributed by atoms with Crippen LogP contribution in [0, 0.1) is 11.3 Å². The Bertz CT molecular complexity index is 382. The minimum Gasteiger partial charge on any atom is -0.384 e. The molecule has 0 saturated carbocycles. The van der Waals surface area contributed by atoms with Crippen molar-refractivity contribution in [3.8, 4) is 6.07 Å². The summed E-state index contributed by atoms with van der Waals surface area (Å²) in [4.78, 5) is 1.05. The highest BCUT2D eigenvalue weighted by Gasteiger charge is 2.06. The zero-order valence-electron chi connectivity index (χ0n) is 10.6. The highest BCUT2D eigenvalue weighted by atomic mass is 32.2. The molecule has 0 bridgehead atoms. The van der Waals surface area contributed by atoms with E-state index >= 15 is 0 Å². The fraction of sp³-hybridized carbons (Fsp3) is 0.500. The van der Waals surface area contributed by atoms with Gasteiger partial charge in [0, 0.05) is 11.4 Å². The fourth-order valence-corrected chi connectivity index (χ4v) is 2.31. The van der Waals surface area contributed by atoms with Gasteiger partial charge in [0.05, 0.1) is 11.3 Å². The first kappa shape index (κ1) is 13.9. The van der Waals surface area contributed by atoms with Gasteiger partial charge in [-0.1, -0.05) is 32.3 Å². The number of nitrogens with one attached hydrogen (secondary N) is 1. The summed E-state index contributed by atoms with van der Waals surface area (Å²) in [6.45, 7) is 3.16. The van der Waals surface area contributed by atoms with Crippen molar-refractivity contribution in [3.05, 3.63) is 23.8 Å². The summed E-state index contributed by atoms with van der Waals surface area (Å²) in [5, 5.41) is 12.5. The van der Waals surface area contributed by atoms with E-state index in [0.717, 1.165) is 22.7 Å². The molecule has 0 atom stereocenters. The van der Waals surface area contributed by atoms with Crippen LogP contribution in [0.1, 0.15) is 38.2 Å². The van der Waals surface area contributed by atoms with Crippen molar-refractivity contribution >= 4 is 17.4 Å². The van der Waals surface area contributed by atoms with Crippen molar-refractivity contribution in [1.29, 1.82) is 5.26 Å². The van der Waals surface area contributed by atoms with Crippen molar-refractivity contribution in [2.45, 2.75) is 37.5 Å². The normalized spacial score (nSPS) is 9.94. The van der Waals surface area contributed by atoms with E-state index in [2.05, 4.69) is 18.3 Å². The molecule has 0 heterocycles. The third-order valence-corrected chi connectivity index (χ3v) is 3.48. The number of benzene rings is 1. The Morgan fingerprint density at radius 3 is 2.76 bits per heavy atom. The number of hydrogen-bond acceptors (Lipinski definition) is 3. The second-order valence-corrected chi connectivity index (χ2v) is 4.83. The van der Waals surface area contributed by atoms with Crippen LogP contribution in [-0.4, -0.2) is 12.8 Å². The van der Waals surface area contributed by atoms with Crippen LogP contribution in [0.4, 0.5) is 5.69 Å². The van der Waals surface area contributed by atoms with Crippen LogP contribution in [-0.2, 0) is 0 Å². The lowest BCUT2D eigenvalue weighted by Gasteiger charge is -2.10. The quantitative estimate of drug-likeness (QED) is 0.578. The molecule has 1 rings (SSSR count). The number of unbranched alkanes of at least 4 members (excludes halogenated alkanes) is 3. The van der Waals surface area contributed by atoms with Gasteiger partial charge in [-0.3, -0.25) is 0 Å². The molecule has 2 nitrogen and oxygen atoms in total. The maximum absolute atomic E-state index is 9.17. The van der Waals surface area contributed by atoms with Crippen molar-refractivity contribution < 1.29 is 0 Å². The number of rotatable bonds is 7. The molecular weight excluding hydrogens is 228 g/mol. The van der Waals surface area contributed by atoms with Gasteiger partial charge in [-0.15, -0.1) is 11.8 Å². The van der Waals surface area contributed by atoms with Gasteiger partial charge in [-0.25, -0.2) is 0 Å². The van der Waals surface area contributed by atoms with E-state index in [1.807, 2.05) is 24.5 Å². The number of nitriles is 1. The number of anilines is 1. The summed E-state index contributed by atoms with van der Waals surface area (Å²) in [5.41, 5.74) is 1.74. The Morgan fingerprint density at radius 1 is 1.29 bits per heavy atom. The van der Waals surface area contributed by atoms with Gasteiger partial charge in [-0.05, 0) is 24.8 Å². The van der Waals surface area contributed by atoms with Crippen LogP contribution < -0.4 is 5.32 Å². The fourth-order valence-electron chi connectivity index (χ4n) is 1.74. The summed E-state index contributed by atoms with van der Waals surface area (Å²) in [5.74, 6) is 0. The molecule has 3 heteroatoms. The molecule has 0 aliphatic carbocycles. The summed E-state index contributed by atoms with van der Waals surface area (Å²) in [6.07, 6.45) is 6.97. The predicted molar refractivity (Wildman–Crippen MR) is 75.6 cm³/mol. The zero-order chi connectivity index (χ0) is 12.5. The first-order chi connectivity index (χ1) is 8.33. The van der Waals surface area contributed by atoms with Gasteiger partial charge in [0.15, 0.2) is 0 Å². The van der Waals surface area contributed by atoms with Gasteiger partial charge >= 0.3 is 0 Å². The lowest BCUT2D eigenvalue weighted by atomic mass is 10.1. The lowest BCUT2D eigenvalue weighted by Crippen LogP contribution is -2.03. The second-order valence-electron chi connectivity index (χ2n) is 3.98. The molecule has 0 aromatic heterocycles. The van der Waals surface area contributed by atoms with Crippen LogP contribution in [0.3, 0.4) is 0 Å². The molecule has 0 unspecified atom stereocenters. The van der Waals surface area contributed by atoms with Gasteiger partial charge in [-0.2, -0.15) is 5.26 Å². The van der Waals surface area contributed by atoms with E-state index in [4.69, 9.17) is 5.26 Å². The van der Waals surface area contributed by atoms with Gasteiger partial charge in [0.25, 0.3) is 0 Å². The molecule has 0 aliphatic heterocycles. The first-order valence-corrected chi connectivity index (χ1v) is 7.37. The zero-order valence-corrected chi connectivity index (χ0v) is 11.4. The summed E-state index contributed by atoms with van der Waals surface area (Å²) < 4.78 is 0. The molecule has 1 N–H and O–H groups in total.